The first-order chi connectivity index (χ1) is 15.5. The van der Waals surface area contributed by atoms with Gasteiger partial charge < -0.3 is 14.5 Å². The maximum absolute atomic E-state index is 13.3. The fourth-order valence-electron chi connectivity index (χ4n) is 4.90. The van der Waals surface area contributed by atoms with E-state index in [1.54, 1.807) is 0 Å². The van der Waals surface area contributed by atoms with Crippen LogP contribution in [0.5, 0.6) is 5.75 Å². The minimum atomic E-state index is -0.372. The van der Waals surface area contributed by atoms with Crippen molar-refractivity contribution in [2.24, 2.45) is 5.41 Å². The van der Waals surface area contributed by atoms with Gasteiger partial charge in [-0.3, -0.25) is 9.59 Å². The highest BCUT2D eigenvalue weighted by atomic mass is 16.5. The zero-order valence-electron chi connectivity index (χ0n) is 19.1. The van der Waals surface area contributed by atoms with Crippen molar-refractivity contribution in [3.05, 3.63) is 65.7 Å². The first-order valence-electron chi connectivity index (χ1n) is 11.9. The Morgan fingerprint density at radius 3 is 2.28 bits per heavy atom. The van der Waals surface area contributed by atoms with Crippen molar-refractivity contribution in [1.82, 2.24) is 9.80 Å². The van der Waals surface area contributed by atoms with Crippen LogP contribution in [0.1, 0.15) is 54.4 Å². The van der Waals surface area contributed by atoms with Crippen LogP contribution >= 0.6 is 0 Å². The fourth-order valence-corrected chi connectivity index (χ4v) is 4.90. The molecule has 0 bridgehead atoms. The molecule has 0 N–H and O–H groups in total. The number of hydrogen-bond donors (Lipinski definition) is 0. The lowest BCUT2D eigenvalue weighted by molar-refractivity contribution is -0.136. The summed E-state index contributed by atoms with van der Waals surface area (Å²) in [5, 5.41) is 0. The second kappa shape index (κ2) is 10.2. The van der Waals surface area contributed by atoms with E-state index in [2.05, 4.69) is 0 Å². The Morgan fingerprint density at radius 2 is 1.56 bits per heavy atom. The number of para-hydroxylation sites is 1. The summed E-state index contributed by atoms with van der Waals surface area (Å²) in [5.41, 5.74) is 1.47. The zero-order valence-corrected chi connectivity index (χ0v) is 19.1. The molecule has 5 heteroatoms. The third kappa shape index (κ3) is 5.50. The Labute approximate surface area is 191 Å². The molecule has 0 radical (unpaired) electrons. The molecule has 0 saturated carbocycles. The van der Waals surface area contributed by atoms with Gasteiger partial charge >= 0.3 is 0 Å². The molecule has 1 unspecified atom stereocenters. The van der Waals surface area contributed by atoms with Gasteiger partial charge in [-0.05, 0) is 63.3 Å². The van der Waals surface area contributed by atoms with Crippen molar-refractivity contribution < 1.29 is 14.3 Å². The van der Waals surface area contributed by atoms with E-state index < -0.39 is 0 Å². The van der Waals surface area contributed by atoms with E-state index in [1.807, 2.05) is 71.3 Å². The van der Waals surface area contributed by atoms with Crippen molar-refractivity contribution in [2.45, 2.75) is 45.4 Å². The maximum Gasteiger partial charge on any atom is 0.253 e. The minimum absolute atomic E-state index is 0.0409. The largest absolute Gasteiger partial charge is 0.493 e. The van der Waals surface area contributed by atoms with Crippen LogP contribution in [0.25, 0.3) is 0 Å². The summed E-state index contributed by atoms with van der Waals surface area (Å²) >= 11 is 0. The Balaban J connectivity index is 1.52. The van der Waals surface area contributed by atoms with Gasteiger partial charge in [0.25, 0.3) is 5.91 Å². The molecule has 2 aliphatic heterocycles. The lowest BCUT2D eigenvalue weighted by Gasteiger charge is -2.43. The number of amides is 2. The van der Waals surface area contributed by atoms with Crippen LogP contribution in [0.4, 0.5) is 0 Å². The predicted molar refractivity (Wildman–Crippen MR) is 126 cm³/mol. The first kappa shape index (κ1) is 22.4. The highest BCUT2D eigenvalue weighted by Crippen LogP contribution is 2.36. The van der Waals surface area contributed by atoms with Crippen molar-refractivity contribution in [3.63, 3.8) is 0 Å². The van der Waals surface area contributed by atoms with Crippen LogP contribution in [0, 0.1) is 12.3 Å². The zero-order chi connectivity index (χ0) is 22.4. The van der Waals surface area contributed by atoms with Gasteiger partial charge in [0, 0.05) is 43.6 Å². The number of likely N-dealkylation sites (tertiary alicyclic amines) is 2. The third-order valence-corrected chi connectivity index (χ3v) is 6.77. The molecule has 2 aromatic rings. The number of hydrogen-bond acceptors (Lipinski definition) is 3. The summed E-state index contributed by atoms with van der Waals surface area (Å²) in [6, 6.07) is 17.5. The summed E-state index contributed by atoms with van der Waals surface area (Å²) < 4.78 is 6.18. The molecule has 2 saturated heterocycles. The molecular weight excluding hydrogens is 400 g/mol. The molecule has 1 atom stereocenters. The molecule has 170 valence electrons. The van der Waals surface area contributed by atoms with Crippen molar-refractivity contribution in [3.8, 4) is 5.75 Å². The Morgan fingerprint density at radius 1 is 0.875 bits per heavy atom. The molecule has 5 nitrogen and oxygen atoms in total. The number of carbonyl (C=O) groups is 2. The minimum Gasteiger partial charge on any atom is -0.493 e. The number of benzene rings is 2. The predicted octanol–water partition coefficient (Wildman–Crippen LogP) is 4.70. The Hall–Kier alpha value is -2.82. The van der Waals surface area contributed by atoms with Crippen molar-refractivity contribution >= 4 is 11.8 Å². The SMILES string of the molecule is Cc1ccc(C(=O)N2CCCC(COc3ccccc3)(CC(=O)N3CCCCC3)C2)cc1. The normalized spacial score (nSPS) is 21.3. The highest BCUT2D eigenvalue weighted by molar-refractivity contribution is 5.94. The monoisotopic (exact) mass is 434 g/mol. The smallest absolute Gasteiger partial charge is 0.253 e. The lowest BCUT2D eigenvalue weighted by Crippen LogP contribution is -2.51. The second-order valence-electron chi connectivity index (χ2n) is 9.42. The molecule has 0 aromatic heterocycles. The molecule has 2 aliphatic rings. The van der Waals surface area contributed by atoms with E-state index >= 15 is 0 Å². The third-order valence-electron chi connectivity index (χ3n) is 6.77. The molecule has 2 heterocycles. The molecule has 4 rings (SSSR count). The Bertz CT molecular complexity index is 906. The fraction of sp³-hybridized carbons (Fsp3) is 0.481. The average Bonchev–Trinajstić information content (AvgIpc) is 2.84. The van der Waals surface area contributed by atoms with Crippen LogP contribution < -0.4 is 4.74 Å². The number of aryl methyl sites for hydroxylation is 1. The van der Waals surface area contributed by atoms with Crippen LogP contribution in [0.2, 0.25) is 0 Å². The molecule has 0 aliphatic carbocycles. The van der Waals surface area contributed by atoms with E-state index in [0.717, 1.165) is 56.6 Å². The topological polar surface area (TPSA) is 49.9 Å². The van der Waals surface area contributed by atoms with E-state index in [1.165, 1.54) is 6.42 Å². The molecule has 32 heavy (non-hydrogen) atoms. The summed E-state index contributed by atoms with van der Waals surface area (Å²) in [5.74, 6) is 1.05. The summed E-state index contributed by atoms with van der Waals surface area (Å²) in [6.07, 6.45) is 5.55. The van der Waals surface area contributed by atoms with Crippen LogP contribution in [-0.4, -0.2) is 54.4 Å². The molecular formula is C27H34N2O3. The number of rotatable bonds is 6. The Kier molecular flexibility index (Phi) is 7.13. The van der Waals surface area contributed by atoms with Gasteiger partial charge in [-0.15, -0.1) is 0 Å². The van der Waals surface area contributed by atoms with E-state index in [9.17, 15) is 9.59 Å². The van der Waals surface area contributed by atoms with Crippen LogP contribution in [0.15, 0.2) is 54.6 Å². The highest BCUT2D eigenvalue weighted by Gasteiger charge is 2.41. The molecule has 0 spiro atoms. The van der Waals surface area contributed by atoms with Gasteiger partial charge in [-0.1, -0.05) is 35.9 Å². The molecule has 2 aromatic carbocycles. The second-order valence-corrected chi connectivity index (χ2v) is 9.42. The van der Waals surface area contributed by atoms with E-state index in [0.29, 0.717) is 25.1 Å². The summed E-state index contributed by atoms with van der Waals surface area (Å²) in [4.78, 5) is 30.4. The van der Waals surface area contributed by atoms with Crippen molar-refractivity contribution in [2.75, 3.05) is 32.8 Å². The van der Waals surface area contributed by atoms with Crippen LogP contribution in [0.3, 0.4) is 0 Å². The van der Waals surface area contributed by atoms with Crippen LogP contribution in [-0.2, 0) is 4.79 Å². The number of carbonyl (C=O) groups excluding carboxylic acids is 2. The van der Waals surface area contributed by atoms with E-state index in [-0.39, 0.29) is 17.2 Å². The van der Waals surface area contributed by atoms with Gasteiger partial charge in [0.2, 0.25) is 5.91 Å². The number of ether oxygens (including phenoxy) is 1. The first-order valence-corrected chi connectivity index (χ1v) is 11.9. The van der Waals surface area contributed by atoms with Gasteiger partial charge in [0.15, 0.2) is 0 Å². The van der Waals surface area contributed by atoms with Gasteiger partial charge in [-0.25, -0.2) is 0 Å². The van der Waals surface area contributed by atoms with Crippen molar-refractivity contribution in [1.29, 1.82) is 0 Å². The average molecular weight is 435 g/mol. The van der Waals surface area contributed by atoms with Gasteiger partial charge in [0.05, 0.1) is 6.61 Å². The van der Waals surface area contributed by atoms with E-state index in [4.69, 9.17) is 4.74 Å². The number of piperidine rings is 2. The standard InChI is InChI=1S/C27H34N2O3/c1-22-11-13-23(14-12-22)26(31)29-18-8-15-27(20-29,21-32-24-9-4-2-5-10-24)19-25(30)28-16-6-3-7-17-28/h2,4-5,9-14H,3,6-8,15-21H2,1H3. The lowest BCUT2D eigenvalue weighted by atomic mass is 9.77. The molecule has 2 amide bonds. The summed E-state index contributed by atoms with van der Waals surface area (Å²) in [7, 11) is 0. The number of nitrogens with zero attached hydrogens (tertiary/aromatic N) is 2. The maximum atomic E-state index is 13.3. The molecule has 2 fully saturated rings. The summed E-state index contributed by atoms with van der Waals surface area (Å²) in [6.45, 7) is 5.42. The van der Waals surface area contributed by atoms with Gasteiger partial charge in [-0.2, -0.15) is 0 Å². The quantitative estimate of drug-likeness (QED) is 0.662. The van der Waals surface area contributed by atoms with Gasteiger partial charge in [0.1, 0.15) is 5.75 Å².